The predicted molar refractivity (Wildman–Crippen MR) is 76.4 cm³/mol. The summed E-state index contributed by atoms with van der Waals surface area (Å²) in [5, 5.41) is 2.17. The Balaban J connectivity index is 3.14. The minimum absolute atomic E-state index is 0.0342. The molecule has 0 aromatic heterocycles. The van der Waals surface area contributed by atoms with Crippen LogP contribution in [0.3, 0.4) is 0 Å². The number of alkyl halides is 3. The van der Waals surface area contributed by atoms with Crippen LogP contribution in [-0.2, 0) is 25.2 Å². The lowest BCUT2D eigenvalue weighted by atomic mass is 10.1. The molecule has 0 bridgehead atoms. The molecule has 1 aromatic rings. The number of carbonyl (C=O) groups is 2. The number of nitrogens with one attached hydrogen (secondary N) is 1. The smallest absolute Gasteiger partial charge is 0.419 e. The Morgan fingerprint density at radius 2 is 1.67 bits per heavy atom. The molecule has 24 heavy (non-hydrogen) atoms. The summed E-state index contributed by atoms with van der Waals surface area (Å²) in [6.45, 7) is 2.93. The standard InChI is InChI=1S/C15H15F4NO4/c1-3-23-13(21)9(14(22)24-4-2)8-20-11-7-5-6-10(12(11)16)15(17,18)19/h5-8,20H,3-4H2,1-2H3. The largest absolute Gasteiger partial charge is 0.462 e. The lowest BCUT2D eigenvalue weighted by Crippen LogP contribution is -2.19. The maximum atomic E-state index is 13.9. The highest BCUT2D eigenvalue weighted by Gasteiger charge is 2.34. The van der Waals surface area contributed by atoms with E-state index in [9.17, 15) is 27.2 Å². The number of halogens is 4. The van der Waals surface area contributed by atoms with Gasteiger partial charge in [-0.3, -0.25) is 0 Å². The summed E-state index contributed by atoms with van der Waals surface area (Å²) < 4.78 is 61.1. The molecule has 0 atom stereocenters. The minimum Gasteiger partial charge on any atom is -0.462 e. The Labute approximate surface area is 135 Å². The van der Waals surface area contributed by atoms with Crippen LogP contribution in [0.15, 0.2) is 30.0 Å². The number of esters is 2. The first-order valence-electron chi connectivity index (χ1n) is 6.89. The lowest BCUT2D eigenvalue weighted by molar-refractivity contribution is -0.146. The van der Waals surface area contributed by atoms with E-state index in [1.807, 2.05) is 0 Å². The first-order valence-corrected chi connectivity index (χ1v) is 6.89. The van der Waals surface area contributed by atoms with Crippen molar-refractivity contribution in [3.05, 3.63) is 41.4 Å². The van der Waals surface area contributed by atoms with Gasteiger partial charge in [0.1, 0.15) is 0 Å². The molecule has 0 aliphatic carbocycles. The highest BCUT2D eigenvalue weighted by Crippen LogP contribution is 2.33. The molecule has 0 aliphatic rings. The molecule has 132 valence electrons. The Kier molecular flexibility index (Phi) is 6.75. The molecular weight excluding hydrogens is 334 g/mol. The molecule has 0 fully saturated rings. The molecule has 9 heteroatoms. The van der Waals surface area contributed by atoms with Gasteiger partial charge in [-0.15, -0.1) is 0 Å². The number of benzene rings is 1. The summed E-state index contributed by atoms with van der Waals surface area (Å²) in [6, 6.07) is 2.58. The monoisotopic (exact) mass is 349 g/mol. The van der Waals surface area contributed by atoms with E-state index >= 15 is 0 Å². The van der Waals surface area contributed by atoms with Crippen molar-refractivity contribution in [1.82, 2.24) is 0 Å². The average Bonchev–Trinajstić information content (AvgIpc) is 2.48. The van der Waals surface area contributed by atoms with Crippen LogP contribution in [0.5, 0.6) is 0 Å². The maximum Gasteiger partial charge on any atom is 0.419 e. The van der Waals surface area contributed by atoms with E-state index in [-0.39, 0.29) is 13.2 Å². The Hall–Kier alpha value is -2.58. The molecule has 5 nitrogen and oxygen atoms in total. The van der Waals surface area contributed by atoms with Crippen LogP contribution in [0.4, 0.5) is 23.2 Å². The third kappa shape index (κ3) is 4.97. The SMILES string of the molecule is CCOC(=O)C(=CNc1cccc(C(F)(F)F)c1F)C(=O)OCC. The summed E-state index contributed by atoms with van der Waals surface area (Å²) in [5.74, 6) is -3.65. The van der Waals surface area contributed by atoms with Crippen molar-refractivity contribution in [3.63, 3.8) is 0 Å². The number of carbonyl (C=O) groups excluding carboxylic acids is 2. The van der Waals surface area contributed by atoms with Gasteiger partial charge < -0.3 is 14.8 Å². The molecule has 1 rings (SSSR count). The molecule has 1 N–H and O–H groups in total. The van der Waals surface area contributed by atoms with Crippen LogP contribution in [0.2, 0.25) is 0 Å². The lowest BCUT2D eigenvalue weighted by Gasteiger charge is -2.12. The van der Waals surface area contributed by atoms with Crippen molar-refractivity contribution in [2.45, 2.75) is 20.0 Å². The van der Waals surface area contributed by atoms with Crippen molar-refractivity contribution >= 4 is 17.6 Å². The summed E-state index contributed by atoms with van der Waals surface area (Å²) in [5.41, 5.74) is -2.64. The van der Waals surface area contributed by atoms with Crippen molar-refractivity contribution in [1.29, 1.82) is 0 Å². The van der Waals surface area contributed by atoms with Gasteiger partial charge in [0, 0.05) is 6.20 Å². The van der Waals surface area contributed by atoms with E-state index < -0.39 is 40.8 Å². The van der Waals surface area contributed by atoms with Crippen molar-refractivity contribution in [2.75, 3.05) is 18.5 Å². The topological polar surface area (TPSA) is 64.6 Å². The van der Waals surface area contributed by atoms with Gasteiger partial charge in [-0.1, -0.05) is 6.07 Å². The molecule has 0 spiro atoms. The average molecular weight is 349 g/mol. The highest BCUT2D eigenvalue weighted by molar-refractivity contribution is 6.14. The molecule has 0 radical (unpaired) electrons. The number of anilines is 1. The van der Waals surface area contributed by atoms with Crippen molar-refractivity contribution in [3.8, 4) is 0 Å². The fourth-order valence-corrected chi connectivity index (χ4v) is 1.63. The molecule has 0 heterocycles. The zero-order valence-corrected chi connectivity index (χ0v) is 12.9. The molecule has 0 saturated heterocycles. The van der Waals surface area contributed by atoms with Gasteiger partial charge in [-0.25, -0.2) is 14.0 Å². The second kappa shape index (κ2) is 8.32. The second-order valence-corrected chi connectivity index (χ2v) is 4.31. The predicted octanol–water partition coefficient (Wildman–Crippen LogP) is 3.27. The highest BCUT2D eigenvalue weighted by atomic mass is 19.4. The molecular formula is C15H15F4NO4. The zero-order valence-electron chi connectivity index (χ0n) is 12.9. The van der Waals surface area contributed by atoms with Gasteiger partial charge in [0.25, 0.3) is 0 Å². The minimum atomic E-state index is -4.88. The molecule has 0 unspecified atom stereocenters. The molecule has 0 amide bonds. The van der Waals surface area contributed by atoms with Gasteiger partial charge in [0.05, 0.1) is 24.5 Å². The number of ether oxygens (including phenoxy) is 2. The fraction of sp³-hybridized carbons (Fsp3) is 0.333. The first-order chi connectivity index (χ1) is 11.2. The van der Waals surface area contributed by atoms with Crippen LogP contribution in [0.25, 0.3) is 0 Å². The summed E-state index contributed by atoms with van der Waals surface area (Å²) >= 11 is 0. The number of hydrogen-bond acceptors (Lipinski definition) is 5. The first kappa shape index (κ1) is 19.5. The van der Waals surface area contributed by atoms with Crippen LogP contribution >= 0.6 is 0 Å². The van der Waals surface area contributed by atoms with Crippen molar-refractivity contribution < 1.29 is 36.6 Å². The van der Waals surface area contributed by atoms with E-state index in [4.69, 9.17) is 0 Å². The Morgan fingerprint density at radius 1 is 1.12 bits per heavy atom. The molecule has 0 aliphatic heterocycles. The van der Waals surface area contributed by atoms with Crippen LogP contribution in [-0.4, -0.2) is 25.2 Å². The Bertz CT molecular complexity index is 621. The van der Waals surface area contributed by atoms with Crippen LogP contribution in [0.1, 0.15) is 19.4 Å². The normalized spacial score (nSPS) is 10.8. The van der Waals surface area contributed by atoms with Gasteiger partial charge >= 0.3 is 18.1 Å². The second-order valence-electron chi connectivity index (χ2n) is 4.31. The van der Waals surface area contributed by atoms with E-state index in [1.165, 1.54) is 13.8 Å². The third-order valence-electron chi connectivity index (χ3n) is 2.67. The van der Waals surface area contributed by atoms with Crippen molar-refractivity contribution in [2.24, 2.45) is 0 Å². The van der Waals surface area contributed by atoms with E-state index in [2.05, 4.69) is 14.8 Å². The maximum absolute atomic E-state index is 13.9. The van der Waals surface area contributed by atoms with Crippen LogP contribution < -0.4 is 5.32 Å². The Morgan fingerprint density at radius 3 is 2.12 bits per heavy atom. The molecule has 0 saturated carbocycles. The molecule has 1 aromatic carbocycles. The van der Waals surface area contributed by atoms with Gasteiger partial charge in [0.15, 0.2) is 11.4 Å². The van der Waals surface area contributed by atoms with Crippen LogP contribution in [0, 0.1) is 5.82 Å². The quantitative estimate of drug-likeness (QED) is 0.281. The van der Waals surface area contributed by atoms with E-state index in [0.717, 1.165) is 18.3 Å². The number of hydrogen-bond donors (Lipinski definition) is 1. The summed E-state index contributed by atoms with van der Waals surface area (Å²) in [7, 11) is 0. The van der Waals surface area contributed by atoms with Gasteiger partial charge in [-0.05, 0) is 26.0 Å². The van der Waals surface area contributed by atoms with E-state index in [1.54, 1.807) is 0 Å². The fourth-order valence-electron chi connectivity index (χ4n) is 1.63. The summed E-state index contributed by atoms with van der Waals surface area (Å²) in [6.07, 6.45) is -4.13. The third-order valence-corrected chi connectivity index (χ3v) is 2.67. The van der Waals surface area contributed by atoms with E-state index in [0.29, 0.717) is 6.07 Å². The number of rotatable bonds is 6. The van der Waals surface area contributed by atoms with Gasteiger partial charge in [-0.2, -0.15) is 13.2 Å². The zero-order chi connectivity index (χ0) is 18.3. The summed E-state index contributed by atoms with van der Waals surface area (Å²) in [4.78, 5) is 23.4. The van der Waals surface area contributed by atoms with Gasteiger partial charge in [0.2, 0.25) is 0 Å².